The molecule has 0 amide bonds. The van der Waals surface area contributed by atoms with E-state index in [4.69, 9.17) is 0 Å². The Bertz CT molecular complexity index is 1040. The van der Waals surface area contributed by atoms with Crippen molar-refractivity contribution in [3.05, 3.63) is 58.6 Å². The fourth-order valence-electron chi connectivity index (χ4n) is 3.56. The van der Waals surface area contributed by atoms with Gasteiger partial charge in [0.1, 0.15) is 17.7 Å². The molecular weight excluding hydrogens is 342 g/mol. The number of nitriles is 1. The molecule has 3 aromatic heterocycles. The van der Waals surface area contributed by atoms with Crippen LogP contribution in [0.3, 0.4) is 0 Å². The minimum absolute atomic E-state index is 0.560. The standard InChI is InChI=1S/C19H21N7O/c1-12-8-13(2)22-18(15(12)10-20)25-6-7-26-14(11-25)9-16(23-26)17(27)19-21-4-5-24(19)3/h4-5,8-9,17,27H,6-7,11H2,1-3H3/t17-/m1/s1. The van der Waals surface area contributed by atoms with E-state index in [0.717, 1.165) is 17.0 Å². The van der Waals surface area contributed by atoms with Crippen LogP contribution in [0, 0.1) is 25.2 Å². The third-order valence-electron chi connectivity index (χ3n) is 4.94. The van der Waals surface area contributed by atoms with Crippen LogP contribution < -0.4 is 4.90 Å². The van der Waals surface area contributed by atoms with Gasteiger partial charge in [0.2, 0.25) is 0 Å². The molecule has 0 unspecified atom stereocenters. The van der Waals surface area contributed by atoms with E-state index < -0.39 is 6.10 Å². The first-order valence-corrected chi connectivity index (χ1v) is 8.83. The summed E-state index contributed by atoms with van der Waals surface area (Å²) in [6.07, 6.45) is 2.59. The summed E-state index contributed by atoms with van der Waals surface area (Å²) in [5.74, 6) is 1.28. The van der Waals surface area contributed by atoms with Gasteiger partial charge in [-0.05, 0) is 31.5 Å². The molecule has 4 heterocycles. The molecular formula is C19H21N7O. The molecule has 1 aliphatic rings. The second-order valence-corrected chi connectivity index (χ2v) is 6.90. The first-order valence-electron chi connectivity index (χ1n) is 8.83. The minimum atomic E-state index is -0.870. The van der Waals surface area contributed by atoms with Gasteiger partial charge in [-0.2, -0.15) is 10.4 Å². The average molecular weight is 363 g/mol. The summed E-state index contributed by atoms with van der Waals surface area (Å²) in [6, 6.07) is 6.11. The van der Waals surface area contributed by atoms with Crippen LogP contribution >= 0.6 is 0 Å². The zero-order valence-electron chi connectivity index (χ0n) is 15.6. The fourth-order valence-corrected chi connectivity index (χ4v) is 3.56. The third-order valence-corrected chi connectivity index (χ3v) is 4.94. The van der Waals surface area contributed by atoms with Gasteiger partial charge in [0.15, 0.2) is 6.10 Å². The molecule has 0 aromatic carbocycles. The lowest BCUT2D eigenvalue weighted by Crippen LogP contribution is -2.35. The highest BCUT2D eigenvalue weighted by Crippen LogP contribution is 2.27. The summed E-state index contributed by atoms with van der Waals surface area (Å²) in [4.78, 5) is 10.9. The minimum Gasteiger partial charge on any atom is -0.379 e. The number of aryl methyl sites for hydroxylation is 3. The Morgan fingerprint density at radius 1 is 1.26 bits per heavy atom. The molecule has 0 saturated heterocycles. The van der Waals surface area contributed by atoms with Gasteiger partial charge in [0, 0.05) is 31.7 Å². The maximum absolute atomic E-state index is 10.6. The van der Waals surface area contributed by atoms with Crippen LogP contribution in [0.15, 0.2) is 24.5 Å². The van der Waals surface area contributed by atoms with Crippen LogP contribution in [0.2, 0.25) is 0 Å². The van der Waals surface area contributed by atoms with E-state index in [9.17, 15) is 10.4 Å². The molecule has 0 bridgehead atoms. The van der Waals surface area contributed by atoms with Gasteiger partial charge in [-0.1, -0.05) is 0 Å². The Hall–Kier alpha value is -3.18. The quantitative estimate of drug-likeness (QED) is 0.759. The highest BCUT2D eigenvalue weighted by molar-refractivity contribution is 5.58. The largest absolute Gasteiger partial charge is 0.379 e. The zero-order valence-corrected chi connectivity index (χ0v) is 15.6. The molecule has 0 fully saturated rings. The third kappa shape index (κ3) is 2.96. The summed E-state index contributed by atoms with van der Waals surface area (Å²) in [5.41, 5.74) is 4.00. The number of fused-ring (bicyclic) bond motifs is 1. The molecule has 0 spiro atoms. The van der Waals surface area contributed by atoms with E-state index in [-0.39, 0.29) is 0 Å². The molecule has 0 aliphatic carbocycles. The Labute approximate surface area is 157 Å². The van der Waals surface area contributed by atoms with E-state index in [1.54, 1.807) is 17.0 Å². The maximum Gasteiger partial charge on any atom is 0.155 e. The van der Waals surface area contributed by atoms with Crippen LogP contribution in [-0.4, -0.2) is 36.0 Å². The Morgan fingerprint density at radius 2 is 2.07 bits per heavy atom. The molecule has 1 aliphatic heterocycles. The SMILES string of the molecule is Cc1cc(C)c(C#N)c(N2CCn3nc([C@@H](O)c4nccn4C)cc3C2)n1. The van der Waals surface area contributed by atoms with Crippen molar-refractivity contribution in [1.82, 2.24) is 24.3 Å². The summed E-state index contributed by atoms with van der Waals surface area (Å²) in [6.45, 7) is 5.84. The monoisotopic (exact) mass is 363 g/mol. The Morgan fingerprint density at radius 3 is 2.78 bits per heavy atom. The first kappa shape index (κ1) is 17.2. The molecule has 1 atom stereocenters. The van der Waals surface area contributed by atoms with Crippen molar-refractivity contribution < 1.29 is 5.11 Å². The topological polar surface area (TPSA) is 95.8 Å². The van der Waals surface area contributed by atoms with Crippen molar-refractivity contribution in [2.24, 2.45) is 7.05 Å². The number of imidazole rings is 1. The number of aliphatic hydroxyl groups is 1. The van der Waals surface area contributed by atoms with E-state index in [1.165, 1.54) is 0 Å². The fraction of sp³-hybridized carbons (Fsp3) is 0.368. The normalized spacial score (nSPS) is 14.7. The van der Waals surface area contributed by atoms with E-state index in [2.05, 4.69) is 26.0 Å². The van der Waals surface area contributed by atoms with Crippen molar-refractivity contribution in [1.29, 1.82) is 5.26 Å². The van der Waals surface area contributed by atoms with Crippen molar-refractivity contribution in [2.45, 2.75) is 33.0 Å². The van der Waals surface area contributed by atoms with Gasteiger partial charge in [-0.25, -0.2) is 9.97 Å². The van der Waals surface area contributed by atoms with Crippen LogP contribution in [0.25, 0.3) is 0 Å². The summed E-state index contributed by atoms with van der Waals surface area (Å²) >= 11 is 0. The second kappa shape index (κ2) is 6.52. The number of hydrogen-bond donors (Lipinski definition) is 1. The van der Waals surface area contributed by atoms with Gasteiger partial charge in [-0.15, -0.1) is 0 Å². The number of pyridine rings is 1. The molecule has 0 radical (unpaired) electrons. The molecule has 0 saturated carbocycles. The van der Waals surface area contributed by atoms with Crippen LogP contribution in [0.5, 0.6) is 0 Å². The molecule has 8 heteroatoms. The van der Waals surface area contributed by atoms with Crippen molar-refractivity contribution in [3.63, 3.8) is 0 Å². The Kier molecular flexibility index (Phi) is 4.16. The van der Waals surface area contributed by atoms with E-state index >= 15 is 0 Å². The molecule has 1 N–H and O–H groups in total. The number of hydrogen-bond acceptors (Lipinski definition) is 6. The predicted octanol–water partition coefficient (Wildman–Crippen LogP) is 1.60. The number of rotatable bonds is 3. The Balaban J connectivity index is 1.65. The van der Waals surface area contributed by atoms with Crippen LogP contribution in [0.1, 0.15) is 40.1 Å². The molecule has 8 nitrogen and oxygen atoms in total. The molecule has 138 valence electrons. The summed E-state index contributed by atoms with van der Waals surface area (Å²) < 4.78 is 3.70. The highest BCUT2D eigenvalue weighted by atomic mass is 16.3. The number of aliphatic hydroxyl groups excluding tert-OH is 1. The smallest absolute Gasteiger partial charge is 0.155 e. The van der Waals surface area contributed by atoms with Gasteiger partial charge < -0.3 is 14.6 Å². The van der Waals surface area contributed by atoms with Gasteiger partial charge >= 0.3 is 0 Å². The van der Waals surface area contributed by atoms with Gasteiger partial charge in [-0.3, -0.25) is 4.68 Å². The lowest BCUT2D eigenvalue weighted by molar-refractivity contribution is 0.200. The van der Waals surface area contributed by atoms with Gasteiger partial charge in [0.25, 0.3) is 0 Å². The number of nitrogens with zero attached hydrogens (tertiary/aromatic N) is 7. The van der Waals surface area contributed by atoms with Crippen LogP contribution in [0.4, 0.5) is 5.82 Å². The molecule has 27 heavy (non-hydrogen) atoms. The number of aromatic nitrogens is 5. The highest BCUT2D eigenvalue weighted by Gasteiger charge is 2.26. The van der Waals surface area contributed by atoms with Gasteiger partial charge in [0.05, 0.1) is 30.0 Å². The van der Waals surface area contributed by atoms with E-state index in [0.29, 0.717) is 42.5 Å². The molecule has 4 rings (SSSR count). The summed E-state index contributed by atoms with van der Waals surface area (Å²) in [5, 5.41) is 24.7. The average Bonchev–Trinajstić information content (AvgIpc) is 3.25. The lowest BCUT2D eigenvalue weighted by Gasteiger charge is -2.29. The van der Waals surface area contributed by atoms with Crippen molar-refractivity contribution in [2.75, 3.05) is 11.4 Å². The number of anilines is 1. The van der Waals surface area contributed by atoms with Crippen molar-refractivity contribution in [3.8, 4) is 6.07 Å². The van der Waals surface area contributed by atoms with E-state index in [1.807, 2.05) is 37.7 Å². The molecule has 3 aromatic rings. The first-order chi connectivity index (χ1) is 13.0. The van der Waals surface area contributed by atoms with Crippen molar-refractivity contribution >= 4 is 5.82 Å². The summed E-state index contributed by atoms with van der Waals surface area (Å²) in [7, 11) is 1.85. The predicted molar refractivity (Wildman–Crippen MR) is 99.0 cm³/mol. The second-order valence-electron chi connectivity index (χ2n) is 6.90. The van der Waals surface area contributed by atoms with Crippen LogP contribution in [-0.2, 0) is 20.1 Å². The maximum atomic E-state index is 10.6. The zero-order chi connectivity index (χ0) is 19.1. The lowest BCUT2D eigenvalue weighted by atomic mass is 10.1.